The second-order valence-electron chi connectivity index (χ2n) is 9.75. The van der Waals surface area contributed by atoms with Gasteiger partial charge in [0.2, 0.25) is 5.91 Å². The molecule has 0 aromatic heterocycles. The van der Waals surface area contributed by atoms with Crippen molar-refractivity contribution in [2.45, 2.75) is 46.6 Å². The van der Waals surface area contributed by atoms with E-state index >= 15 is 0 Å². The van der Waals surface area contributed by atoms with Crippen molar-refractivity contribution in [3.63, 3.8) is 0 Å². The molecule has 5 heteroatoms. The molecular weight excluding hydrogens is 427 g/mol. The molecule has 2 aromatic carbocycles. The van der Waals surface area contributed by atoms with Crippen LogP contribution >= 0.6 is 23.2 Å². The van der Waals surface area contributed by atoms with Gasteiger partial charge >= 0.3 is 0 Å². The molecule has 1 saturated carbocycles. The van der Waals surface area contributed by atoms with Crippen molar-refractivity contribution in [2.24, 2.45) is 22.4 Å². The van der Waals surface area contributed by atoms with E-state index in [-0.39, 0.29) is 17.9 Å². The van der Waals surface area contributed by atoms with E-state index in [9.17, 15) is 4.79 Å². The fourth-order valence-corrected chi connectivity index (χ4v) is 4.81. The molecule has 2 aromatic rings. The van der Waals surface area contributed by atoms with E-state index in [1.165, 1.54) is 5.57 Å². The lowest BCUT2D eigenvalue weighted by atomic mass is 9.73. The van der Waals surface area contributed by atoms with Crippen LogP contribution in [0.2, 0.25) is 10.0 Å². The van der Waals surface area contributed by atoms with Gasteiger partial charge in [-0.3, -0.25) is 4.79 Å². The average molecular weight is 455 g/mol. The summed E-state index contributed by atoms with van der Waals surface area (Å²) in [6, 6.07) is 15.6. The second-order valence-corrected chi connectivity index (χ2v) is 10.6. The van der Waals surface area contributed by atoms with Crippen LogP contribution in [0.4, 0.5) is 0 Å². The zero-order chi connectivity index (χ0) is 22.3. The number of fused-ring (bicyclic) bond motifs is 1. The molecule has 1 aliphatic heterocycles. The SMILES string of the molecule is CC1CC(=Cc2ccc(Cl)cc2)C2=NN(C(=O)C(C)(C)C)C(c3ccc(Cl)cc3)C2C1. The van der Waals surface area contributed by atoms with Gasteiger partial charge in [-0.15, -0.1) is 0 Å². The Morgan fingerprint density at radius 3 is 2.19 bits per heavy atom. The zero-order valence-corrected chi connectivity index (χ0v) is 19.9. The van der Waals surface area contributed by atoms with Gasteiger partial charge in [0.1, 0.15) is 0 Å². The number of nitrogens with zero attached hydrogens (tertiary/aromatic N) is 2. The third-order valence-electron chi connectivity index (χ3n) is 6.04. The Labute approximate surface area is 194 Å². The van der Waals surface area contributed by atoms with Gasteiger partial charge in [-0.2, -0.15) is 5.10 Å². The van der Waals surface area contributed by atoms with Crippen LogP contribution in [-0.2, 0) is 4.79 Å². The molecule has 1 amide bonds. The number of amides is 1. The van der Waals surface area contributed by atoms with Crippen molar-refractivity contribution in [2.75, 3.05) is 0 Å². The van der Waals surface area contributed by atoms with Crippen molar-refractivity contribution in [1.29, 1.82) is 0 Å². The van der Waals surface area contributed by atoms with Crippen LogP contribution in [0.15, 0.2) is 59.2 Å². The smallest absolute Gasteiger partial charge is 0.248 e. The molecule has 31 heavy (non-hydrogen) atoms. The van der Waals surface area contributed by atoms with Crippen LogP contribution in [0.5, 0.6) is 0 Å². The second kappa shape index (κ2) is 8.44. The van der Waals surface area contributed by atoms with E-state index in [0.29, 0.717) is 10.9 Å². The monoisotopic (exact) mass is 454 g/mol. The molecule has 1 fully saturated rings. The van der Waals surface area contributed by atoms with Crippen molar-refractivity contribution in [1.82, 2.24) is 5.01 Å². The number of halogens is 2. The summed E-state index contributed by atoms with van der Waals surface area (Å²) in [6.07, 6.45) is 4.14. The van der Waals surface area contributed by atoms with Crippen molar-refractivity contribution >= 4 is 40.9 Å². The van der Waals surface area contributed by atoms with Crippen molar-refractivity contribution in [3.8, 4) is 0 Å². The first-order valence-corrected chi connectivity index (χ1v) is 11.5. The molecule has 0 N–H and O–H groups in total. The summed E-state index contributed by atoms with van der Waals surface area (Å²) in [6.45, 7) is 8.12. The summed E-state index contributed by atoms with van der Waals surface area (Å²) in [5.74, 6) is 0.699. The standard InChI is InChI=1S/C26H28Cl2N2O/c1-16-13-19(15-17-5-9-20(27)10-6-17)23-22(14-16)24(18-7-11-21(28)12-8-18)30(29-23)25(31)26(2,3)4/h5-12,15-16,22,24H,13-14H2,1-4H3. The maximum atomic E-state index is 13.4. The molecule has 0 radical (unpaired) electrons. The summed E-state index contributed by atoms with van der Waals surface area (Å²) in [5.41, 5.74) is 3.89. The molecule has 1 aliphatic carbocycles. The first-order valence-electron chi connectivity index (χ1n) is 10.8. The zero-order valence-electron chi connectivity index (χ0n) is 18.4. The topological polar surface area (TPSA) is 32.7 Å². The van der Waals surface area contributed by atoms with Crippen LogP contribution in [0, 0.1) is 17.3 Å². The summed E-state index contributed by atoms with van der Waals surface area (Å²) < 4.78 is 0. The first kappa shape index (κ1) is 22.1. The Morgan fingerprint density at radius 2 is 1.61 bits per heavy atom. The summed E-state index contributed by atoms with van der Waals surface area (Å²) in [7, 11) is 0. The molecule has 2 aliphatic rings. The van der Waals surface area contributed by atoms with Gasteiger partial charge in [0.05, 0.1) is 11.8 Å². The number of hydrazone groups is 1. The normalized spacial score (nSPS) is 24.8. The average Bonchev–Trinajstić information content (AvgIpc) is 3.08. The van der Waals surface area contributed by atoms with E-state index < -0.39 is 5.41 Å². The van der Waals surface area contributed by atoms with E-state index in [1.807, 2.05) is 69.3 Å². The largest absolute Gasteiger partial charge is 0.272 e. The summed E-state index contributed by atoms with van der Waals surface area (Å²) >= 11 is 12.2. The van der Waals surface area contributed by atoms with Crippen LogP contribution in [0.25, 0.3) is 6.08 Å². The number of carbonyl (C=O) groups excluding carboxylic acids is 1. The van der Waals surface area contributed by atoms with Crippen molar-refractivity contribution < 1.29 is 4.79 Å². The maximum absolute atomic E-state index is 13.4. The lowest BCUT2D eigenvalue weighted by Crippen LogP contribution is -2.38. The highest BCUT2D eigenvalue weighted by molar-refractivity contribution is 6.30. The molecule has 3 unspecified atom stereocenters. The molecule has 0 bridgehead atoms. The Morgan fingerprint density at radius 1 is 1.03 bits per heavy atom. The van der Waals surface area contributed by atoms with Crippen LogP contribution in [0.1, 0.15) is 57.7 Å². The highest BCUT2D eigenvalue weighted by Gasteiger charge is 2.47. The summed E-state index contributed by atoms with van der Waals surface area (Å²) in [4.78, 5) is 13.4. The van der Waals surface area contributed by atoms with E-state index in [4.69, 9.17) is 28.3 Å². The van der Waals surface area contributed by atoms with Gasteiger partial charge in [-0.25, -0.2) is 5.01 Å². The minimum Gasteiger partial charge on any atom is -0.272 e. The minimum absolute atomic E-state index is 0.0350. The number of rotatable bonds is 2. The van der Waals surface area contributed by atoms with Crippen LogP contribution in [-0.4, -0.2) is 16.6 Å². The molecule has 3 atom stereocenters. The predicted octanol–water partition coefficient (Wildman–Crippen LogP) is 7.41. The van der Waals surface area contributed by atoms with Gasteiger partial charge in [0, 0.05) is 21.4 Å². The van der Waals surface area contributed by atoms with Gasteiger partial charge in [-0.05, 0) is 65.8 Å². The third-order valence-corrected chi connectivity index (χ3v) is 6.54. The highest BCUT2D eigenvalue weighted by Crippen LogP contribution is 2.47. The Hall–Kier alpha value is -2.10. The molecule has 0 saturated heterocycles. The first-order chi connectivity index (χ1) is 14.6. The molecular formula is C26H28Cl2N2O. The number of hydrogen-bond donors (Lipinski definition) is 0. The van der Waals surface area contributed by atoms with Gasteiger partial charge in [0.25, 0.3) is 0 Å². The fourth-order valence-electron chi connectivity index (χ4n) is 4.55. The Balaban J connectivity index is 1.80. The van der Waals surface area contributed by atoms with Crippen LogP contribution < -0.4 is 0 Å². The van der Waals surface area contributed by atoms with Gasteiger partial charge in [0.15, 0.2) is 0 Å². The van der Waals surface area contributed by atoms with E-state index in [0.717, 1.165) is 34.7 Å². The number of carbonyl (C=O) groups is 1. The van der Waals surface area contributed by atoms with Crippen molar-refractivity contribution in [3.05, 3.63) is 75.3 Å². The molecule has 4 rings (SSSR count). The quantitative estimate of drug-likeness (QED) is 0.464. The molecule has 3 nitrogen and oxygen atoms in total. The summed E-state index contributed by atoms with van der Waals surface area (Å²) in [5, 5.41) is 8.11. The van der Waals surface area contributed by atoms with Crippen LogP contribution in [0.3, 0.4) is 0 Å². The predicted molar refractivity (Wildman–Crippen MR) is 129 cm³/mol. The molecule has 1 heterocycles. The van der Waals surface area contributed by atoms with Gasteiger partial charge in [-0.1, -0.05) is 75.2 Å². The lowest BCUT2D eigenvalue weighted by molar-refractivity contribution is -0.142. The fraction of sp³-hybridized carbons (Fsp3) is 0.385. The molecule has 0 spiro atoms. The van der Waals surface area contributed by atoms with Gasteiger partial charge < -0.3 is 0 Å². The third kappa shape index (κ3) is 4.58. The number of allylic oxidation sites excluding steroid dienone is 1. The van der Waals surface area contributed by atoms with E-state index in [1.54, 1.807) is 5.01 Å². The maximum Gasteiger partial charge on any atom is 0.248 e. The number of benzene rings is 2. The molecule has 162 valence electrons. The number of hydrogen-bond acceptors (Lipinski definition) is 2. The highest BCUT2D eigenvalue weighted by atomic mass is 35.5. The Bertz CT molecular complexity index is 1030. The Kier molecular flexibility index (Phi) is 6.02. The minimum atomic E-state index is -0.520. The van der Waals surface area contributed by atoms with E-state index in [2.05, 4.69) is 13.0 Å². The lowest BCUT2D eigenvalue weighted by Gasteiger charge is -2.34.